The standard InChI is InChI=1S/C11H22N4O/c1-15(8-7-10(12)13)11(16)14-9-5-3-2-4-6-9/h9H,2-8H2,1H3,(H3,12,13)(H,14,16). The van der Waals surface area contributed by atoms with E-state index in [-0.39, 0.29) is 11.9 Å². The molecule has 1 aliphatic rings. The van der Waals surface area contributed by atoms with Crippen LogP contribution in [0.15, 0.2) is 0 Å². The van der Waals surface area contributed by atoms with Gasteiger partial charge in [0.15, 0.2) is 0 Å². The zero-order valence-electron chi connectivity index (χ0n) is 9.96. The Hall–Kier alpha value is -1.26. The average Bonchev–Trinajstić information content (AvgIpc) is 2.27. The molecule has 0 aliphatic heterocycles. The highest BCUT2D eigenvalue weighted by Crippen LogP contribution is 2.17. The first-order valence-corrected chi connectivity index (χ1v) is 5.94. The summed E-state index contributed by atoms with van der Waals surface area (Å²) in [5.41, 5.74) is 5.25. The van der Waals surface area contributed by atoms with Crippen LogP contribution in [0.2, 0.25) is 0 Å². The summed E-state index contributed by atoms with van der Waals surface area (Å²) in [7, 11) is 1.74. The van der Waals surface area contributed by atoms with Gasteiger partial charge >= 0.3 is 6.03 Å². The van der Waals surface area contributed by atoms with Crippen LogP contribution < -0.4 is 11.1 Å². The van der Waals surface area contributed by atoms with Crippen molar-refractivity contribution < 1.29 is 4.79 Å². The van der Waals surface area contributed by atoms with Crippen molar-refractivity contribution in [1.82, 2.24) is 10.2 Å². The number of nitrogens with one attached hydrogen (secondary N) is 2. The van der Waals surface area contributed by atoms with Gasteiger partial charge in [0.25, 0.3) is 0 Å². The SMILES string of the molecule is CN(CCC(=N)N)C(=O)NC1CCCCC1. The largest absolute Gasteiger partial charge is 0.388 e. The number of hydrogen-bond acceptors (Lipinski definition) is 2. The molecule has 0 bridgehead atoms. The minimum Gasteiger partial charge on any atom is -0.388 e. The number of amides is 2. The summed E-state index contributed by atoms with van der Waals surface area (Å²) in [6.07, 6.45) is 6.32. The molecule has 1 saturated carbocycles. The van der Waals surface area contributed by atoms with Gasteiger partial charge in [0.2, 0.25) is 0 Å². The van der Waals surface area contributed by atoms with Crippen LogP contribution in [0.4, 0.5) is 4.79 Å². The summed E-state index contributed by atoms with van der Waals surface area (Å²) >= 11 is 0. The second-order valence-electron chi connectivity index (χ2n) is 4.48. The van der Waals surface area contributed by atoms with E-state index >= 15 is 0 Å². The summed E-state index contributed by atoms with van der Waals surface area (Å²) in [5.74, 6) is 0.123. The fourth-order valence-electron chi connectivity index (χ4n) is 1.92. The summed E-state index contributed by atoms with van der Waals surface area (Å²) < 4.78 is 0. The van der Waals surface area contributed by atoms with Crippen molar-refractivity contribution in [3.63, 3.8) is 0 Å². The minimum absolute atomic E-state index is 0.0480. The van der Waals surface area contributed by atoms with E-state index < -0.39 is 0 Å². The zero-order valence-corrected chi connectivity index (χ0v) is 9.96. The Labute approximate surface area is 96.9 Å². The molecule has 0 spiro atoms. The smallest absolute Gasteiger partial charge is 0.317 e. The molecule has 0 radical (unpaired) electrons. The number of amidine groups is 1. The van der Waals surface area contributed by atoms with Crippen LogP contribution in [-0.2, 0) is 0 Å². The molecule has 1 aliphatic carbocycles. The molecule has 5 nitrogen and oxygen atoms in total. The molecular weight excluding hydrogens is 204 g/mol. The molecule has 0 atom stereocenters. The van der Waals surface area contributed by atoms with Crippen LogP contribution in [-0.4, -0.2) is 36.4 Å². The Morgan fingerprint density at radius 3 is 2.62 bits per heavy atom. The molecule has 0 aromatic heterocycles. The highest BCUT2D eigenvalue weighted by molar-refractivity contribution is 5.78. The molecule has 92 valence electrons. The lowest BCUT2D eigenvalue weighted by Gasteiger charge is -2.26. The Balaban J connectivity index is 2.24. The Morgan fingerprint density at radius 1 is 1.44 bits per heavy atom. The second kappa shape index (κ2) is 6.35. The molecule has 1 rings (SSSR count). The minimum atomic E-state index is -0.0480. The van der Waals surface area contributed by atoms with Crippen LogP contribution >= 0.6 is 0 Å². The van der Waals surface area contributed by atoms with E-state index in [4.69, 9.17) is 11.1 Å². The summed E-state index contributed by atoms with van der Waals surface area (Å²) in [4.78, 5) is 13.3. The fraction of sp³-hybridized carbons (Fsp3) is 0.818. The van der Waals surface area contributed by atoms with Crippen molar-refractivity contribution in [2.75, 3.05) is 13.6 Å². The second-order valence-corrected chi connectivity index (χ2v) is 4.48. The number of nitrogens with zero attached hydrogens (tertiary/aromatic N) is 1. The maximum absolute atomic E-state index is 11.7. The molecule has 0 aromatic rings. The fourth-order valence-corrected chi connectivity index (χ4v) is 1.92. The van der Waals surface area contributed by atoms with E-state index in [2.05, 4.69) is 5.32 Å². The van der Waals surface area contributed by atoms with Gasteiger partial charge in [-0.05, 0) is 12.8 Å². The Bertz CT molecular complexity index is 248. The van der Waals surface area contributed by atoms with Gasteiger partial charge in [-0.3, -0.25) is 5.41 Å². The van der Waals surface area contributed by atoms with E-state index in [1.54, 1.807) is 11.9 Å². The van der Waals surface area contributed by atoms with Crippen molar-refractivity contribution in [2.45, 2.75) is 44.6 Å². The van der Waals surface area contributed by atoms with Crippen molar-refractivity contribution in [3.05, 3.63) is 0 Å². The van der Waals surface area contributed by atoms with Crippen molar-refractivity contribution in [2.24, 2.45) is 5.73 Å². The maximum Gasteiger partial charge on any atom is 0.317 e. The molecule has 0 unspecified atom stereocenters. The topological polar surface area (TPSA) is 82.2 Å². The lowest BCUT2D eigenvalue weighted by atomic mass is 9.96. The van der Waals surface area contributed by atoms with E-state index in [1.807, 2.05) is 0 Å². The van der Waals surface area contributed by atoms with Crippen LogP contribution in [0.1, 0.15) is 38.5 Å². The molecular formula is C11H22N4O. The Morgan fingerprint density at radius 2 is 2.06 bits per heavy atom. The number of hydrogen-bond donors (Lipinski definition) is 3. The third-order valence-electron chi connectivity index (χ3n) is 3.00. The predicted octanol–water partition coefficient (Wildman–Crippen LogP) is 1.29. The summed E-state index contributed by atoms with van der Waals surface area (Å²) in [6.45, 7) is 0.508. The number of rotatable bonds is 4. The van der Waals surface area contributed by atoms with Crippen molar-refractivity contribution in [1.29, 1.82) is 5.41 Å². The van der Waals surface area contributed by atoms with Gasteiger partial charge in [0.1, 0.15) is 0 Å². The van der Waals surface area contributed by atoms with Gasteiger partial charge < -0.3 is 16.0 Å². The van der Waals surface area contributed by atoms with Gasteiger partial charge in [-0.25, -0.2) is 4.79 Å². The molecule has 2 amide bonds. The molecule has 0 aromatic carbocycles. The molecule has 5 heteroatoms. The highest BCUT2D eigenvalue weighted by atomic mass is 16.2. The average molecular weight is 226 g/mol. The van der Waals surface area contributed by atoms with Crippen molar-refractivity contribution >= 4 is 11.9 Å². The van der Waals surface area contributed by atoms with E-state index in [0.717, 1.165) is 12.8 Å². The number of urea groups is 1. The van der Waals surface area contributed by atoms with Gasteiger partial charge in [0.05, 0.1) is 5.84 Å². The lowest BCUT2D eigenvalue weighted by molar-refractivity contribution is 0.201. The zero-order chi connectivity index (χ0) is 12.0. The maximum atomic E-state index is 11.7. The van der Waals surface area contributed by atoms with Gasteiger partial charge in [-0.1, -0.05) is 19.3 Å². The molecule has 16 heavy (non-hydrogen) atoms. The van der Waals surface area contributed by atoms with Crippen LogP contribution in [0.3, 0.4) is 0 Å². The monoisotopic (exact) mass is 226 g/mol. The molecule has 0 saturated heterocycles. The Kier molecular flexibility index (Phi) is 5.08. The summed E-state index contributed by atoms with van der Waals surface area (Å²) in [6, 6.07) is 0.286. The lowest BCUT2D eigenvalue weighted by Crippen LogP contribution is -2.44. The quantitative estimate of drug-likeness (QED) is 0.498. The van der Waals surface area contributed by atoms with Gasteiger partial charge in [-0.2, -0.15) is 0 Å². The van der Waals surface area contributed by atoms with Crippen LogP contribution in [0.25, 0.3) is 0 Å². The van der Waals surface area contributed by atoms with Crippen LogP contribution in [0, 0.1) is 5.41 Å². The summed E-state index contributed by atoms with van der Waals surface area (Å²) in [5, 5.41) is 10.1. The first-order valence-electron chi connectivity index (χ1n) is 5.94. The first kappa shape index (κ1) is 12.8. The van der Waals surface area contributed by atoms with Crippen LogP contribution in [0.5, 0.6) is 0 Å². The number of nitrogens with two attached hydrogens (primary N) is 1. The van der Waals surface area contributed by atoms with Gasteiger partial charge in [0, 0.05) is 26.1 Å². The van der Waals surface area contributed by atoms with E-state index in [9.17, 15) is 4.79 Å². The highest BCUT2D eigenvalue weighted by Gasteiger charge is 2.17. The molecule has 1 fully saturated rings. The number of carbonyl (C=O) groups is 1. The third kappa shape index (κ3) is 4.51. The predicted molar refractivity (Wildman–Crippen MR) is 64.6 cm³/mol. The number of carbonyl (C=O) groups excluding carboxylic acids is 1. The third-order valence-corrected chi connectivity index (χ3v) is 3.00. The van der Waals surface area contributed by atoms with Crippen molar-refractivity contribution in [3.8, 4) is 0 Å². The van der Waals surface area contributed by atoms with E-state index in [0.29, 0.717) is 19.0 Å². The van der Waals surface area contributed by atoms with Gasteiger partial charge in [-0.15, -0.1) is 0 Å². The first-order chi connectivity index (χ1) is 7.59. The normalized spacial score (nSPS) is 16.8. The molecule has 0 heterocycles. The molecule has 4 N–H and O–H groups in total. The van der Waals surface area contributed by atoms with E-state index in [1.165, 1.54) is 19.3 Å².